The lowest BCUT2D eigenvalue weighted by Crippen LogP contribution is -2.44. The number of hydrogen-bond donors (Lipinski definition) is 1. The van der Waals surface area contributed by atoms with Gasteiger partial charge in [0.15, 0.2) is 0 Å². The van der Waals surface area contributed by atoms with Gasteiger partial charge < -0.3 is 14.6 Å². The molecule has 0 spiro atoms. The molecule has 0 aromatic carbocycles. The van der Waals surface area contributed by atoms with Crippen molar-refractivity contribution in [1.29, 1.82) is 0 Å². The van der Waals surface area contributed by atoms with Crippen LogP contribution in [0.1, 0.15) is 18.4 Å². The third-order valence-electron chi connectivity index (χ3n) is 3.38. The van der Waals surface area contributed by atoms with Crippen LogP contribution in [0.3, 0.4) is 0 Å². The first-order valence-electron chi connectivity index (χ1n) is 6.51. The van der Waals surface area contributed by atoms with Crippen LogP contribution in [0, 0.1) is 0 Å². The van der Waals surface area contributed by atoms with Gasteiger partial charge in [0.05, 0.1) is 6.10 Å². The number of likely N-dealkylation sites (tertiary alicyclic amines) is 1. The van der Waals surface area contributed by atoms with E-state index in [-0.39, 0.29) is 6.54 Å². The molecular formula is C13H15F3N2O3. The van der Waals surface area contributed by atoms with Crippen LogP contribution in [0.4, 0.5) is 13.2 Å². The fourth-order valence-electron chi connectivity index (χ4n) is 2.30. The molecule has 1 atom stereocenters. The number of pyridine rings is 1. The summed E-state index contributed by atoms with van der Waals surface area (Å²) < 4.78 is 38.6. The largest absolute Gasteiger partial charge is 0.421 e. The Kier molecular flexibility index (Phi) is 4.36. The average Bonchev–Trinajstić information content (AvgIpc) is 2.39. The number of piperidine rings is 1. The summed E-state index contributed by atoms with van der Waals surface area (Å²) in [6, 6.07) is 1.77. The number of aromatic nitrogens is 1. The highest BCUT2D eigenvalue weighted by atomic mass is 19.4. The Morgan fingerprint density at radius 2 is 2.14 bits per heavy atom. The van der Waals surface area contributed by atoms with Gasteiger partial charge in [-0.05, 0) is 25.0 Å². The lowest BCUT2D eigenvalue weighted by molar-refractivity contribution is -0.140. The van der Waals surface area contributed by atoms with E-state index in [1.807, 2.05) is 0 Å². The summed E-state index contributed by atoms with van der Waals surface area (Å²) in [5.41, 5.74) is -2.53. The maximum Gasteiger partial charge on any atom is 0.421 e. The van der Waals surface area contributed by atoms with Crippen molar-refractivity contribution in [3.05, 3.63) is 34.2 Å². The van der Waals surface area contributed by atoms with Crippen molar-refractivity contribution in [2.45, 2.75) is 31.7 Å². The molecule has 8 heteroatoms. The van der Waals surface area contributed by atoms with E-state index in [9.17, 15) is 27.9 Å². The first-order chi connectivity index (χ1) is 9.79. The highest BCUT2D eigenvalue weighted by molar-refractivity contribution is 5.76. The second-order valence-electron chi connectivity index (χ2n) is 4.99. The monoisotopic (exact) mass is 304 g/mol. The van der Waals surface area contributed by atoms with Crippen molar-refractivity contribution in [3.63, 3.8) is 0 Å². The van der Waals surface area contributed by atoms with Crippen LogP contribution in [-0.4, -0.2) is 39.7 Å². The van der Waals surface area contributed by atoms with E-state index in [4.69, 9.17) is 0 Å². The third kappa shape index (κ3) is 3.63. The minimum Gasteiger partial charge on any atom is -0.391 e. The van der Waals surface area contributed by atoms with Gasteiger partial charge in [0, 0.05) is 19.3 Å². The van der Waals surface area contributed by atoms with Gasteiger partial charge in [-0.2, -0.15) is 13.2 Å². The van der Waals surface area contributed by atoms with Crippen molar-refractivity contribution >= 4 is 5.91 Å². The molecule has 2 rings (SSSR count). The van der Waals surface area contributed by atoms with Gasteiger partial charge in [-0.1, -0.05) is 0 Å². The normalized spacial score (nSPS) is 19.6. The Morgan fingerprint density at radius 3 is 2.76 bits per heavy atom. The van der Waals surface area contributed by atoms with E-state index in [1.165, 1.54) is 4.90 Å². The molecule has 116 valence electrons. The van der Waals surface area contributed by atoms with Gasteiger partial charge in [0.25, 0.3) is 5.56 Å². The zero-order valence-corrected chi connectivity index (χ0v) is 11.1. The van der Waals surface area contributed by atoms with Crippen LogP contribution >= 0.6 is 0 Å². The molecule has 5 nitrogen and oxygen atoms in total. The molecule has 1 N–H and O–H groups in total. The summed E-state index contributed by atoms with van der Waals surface area (Å²) in [6.07, 6.45) is -3.00. The summed E-state index contributed by atoms with van der Waals surface area (Å²) in [6.45, 7) is 0.117. The number of alkyl halides is 3. The highest BCUT2D eigenvalue weighted by Gasteiger charge is 2.34. The van der Waals surface area contributed by atoms with Crippen molar-refractivity contribution in [2.75, 3.05) is 13.1 Å². The zero-order valence-electron chi connectivity index (χ0n) is 11.1. The molecule has 1 aliphatic rings. The number of aliphatic hydroxyl groups is 1. The third-order valence-corrected chi connectivity index (χ3v) is 3.38. The van der Waals surface area contributed by atoms with Crippen molar-refractivity contribution in [2.24, 2.45) is 0 Å². The number of hydrogen-bond acceptors (Lipinski definition) is 3. The summed E-state index contributed by atoms with van der Waals surface area (Å²) >= 11 is 0. The Morgan fingerprint density at radius 1 is 1.43 bits per heavy atom. The molecule has 1 unspecified atom stereocenters. The van der Waals surface area contributed by atoms with Crippen LogP contribution in [-0.2, 0) is 17.5 Å². The maximum absolute atomic E-state index is 12.6. The Labute approximate surface area is 118 Å². The molecule has 0 aliphatic carbocycles. The standard InChI is InChI=1S/C13H15F3N2O3/c14-13(15,16)10-4-2-6-18(12(10)21)8-11(20)17-5-1-3-9(19)7-17/h2,4,6,9,19H,1,3,5,7-8H2. The first kappa shape index (κ1) is 15.6. The molecule has 1 aromatic heterocycles. The van der Waals surface area contributed by atoms with Crippen LogP contribution in [0.2, 0.25) is 0 Å². The van der Waals surface area contributed by atoms with Gasteiger partial charge >= 0.3 is 6.18 Å². The summed E-state index contributed by atoms with van der Waals surface area (Å²) in [7, 11) is 0. The van der Waals surface area contributed by atoms with E-state index in [0.717, 1.165) is 16.8 Å². The van der Waals surface area contributed by atoms with E-state index in [0.29, 0.717) is 25.5 Å². The molecule has 1 amide bonds. The van der Waals surface area contributed by atoms with Crippen molar-refractivity contribution in [3.8, 4) is 0 Å². The number of carbonyl (C=O) groups is 1. The number of carbonyl (C=O) groups excluding carboxylic acids is 1. The van der Waals surface area contributed by atoms with Crippen molar-refractivity contribution in [1.82, 2.24) is 9.47 Å². The molecule has 0 bridgehead atoms. The SMILES string of the molecule is O=C(Cn1cccc(C(F)(F)F)c1=O)N1CCCC(O)C1. The quantitative estimate of drug-likeness (QED) is 0.881. The molecule has 0 saturated carbocycles. The molecule has 0 radical (unpaired) electrons. The molecule has 21 heavy (non-hydrogen) atoms. The molecule has 1 aliphatic heterocycles. The predicted molar refractivity (Wildman–Crippen MR) is 67.5 cm³/mol. The van der Waals surface area contributed by atoms with Gasteiger partial charge in [0.2, 0.25) is 5.91 Å². The van der Waals surface area contributed by atoms with Crippen LogP contribution < -0.4 is 5.56 Å². The van der Waals surface area contributed by atoms with Crippen molar-refractivity contribution < 1.29 is 23.1 Å². The number of halogens is 3. The summed E-state index contributed by atoms with van der Waals surface area (Å²) in [4.78, 5) is 25.1. The number of nitrogens with zero attached hydrogens (tertiary/aromatic N) is 2. The van der Waals surface area contributed by atoms with E-state index in [2.05, 4.69) is 0 Å². The molecule has 1 fully saturated rings. The fraction of sp³-hybridized carbons (Fsp3) is 0.538. The zero-order chi connectivity index (χ0) is 15.6. The predicted octanol–water partition coefficient (Wildman–Crippen LogP) is 0.850. The van der Waals surface area contributed by atoms with Gasteiger partial charge in [0.1, 0.15) is 12.1 Å². The van der Waals surface area contributed by atoms with Crippen LogP contribution in [0.25, 0.3) is 0 Å². The van der Waals surface area contributed by atoms with Crippen LogP contribution in [0.5, 0.6) is 0 Å². The minimum atomic E-state index is -4.75. The maximum atomic E-state index is 12.6. The molecule has 2 heterocycles. The van der Waals surface area contributed by atoms with Crippen LogP contribution in [0.15, 0.2) is 23.1 Å². The fourth-order valence-corrected chi connectivity index (χ4v) is 2.30. The summed E-state index contributed by atoms with van der Waals surface area (Å²) in [5.74, 6) is -0.477. The van der Waals surface area contributed by atoms with E-state index < -0.39 is 35.9 Å². The Balaban J connectivity index is 2.16. The smallest absolute Gasteiger partial charge is 0.391 e. The van der Waals surface area contributed by atoms with Gasteiger partial charge in [-0.25, -0.2) is 0 Å². The number of β-amino-alcohol motifs (C(OH)–C–C–N with tert-alkyl or cyclic N) is 1. The summed E-state index contributed by atoms with van der Waals surface area (Å²) in [5, 5.41) is 9.49. The molecule has 1 aromatic rings. The topological polar surface area (TPSA) is 62.5 Å². The van der Waals surface area contributed by atoms with E-state index in [1.54, 1.807) is 0 Å². The van der Waals surface area contributed by atoms with E-state index >= 15 is 0 Å². The number of amides is 1. The minimum absolute atomic E-state index is 0.145. The Bertz CT molecular complexity index is 583. The molecular weight excluding hydrogens is 289 g/mol. The number of aliphatic hydroxyl groups excluding tert-OH is 1. The van der Waals surface area contributed by atoms with Gasteiger partial charge in [-0.3, -0.25) is 9.59 Å². The first-order valence-corrected chi connectivity index (χ1v) is 6.51. The lowest BCUT2D eigenvalue weighted by Gasteiger charge is -2.30. The van der Waals surface area contributed by atoms with Gasteiger partial charge in [-0.15, -0.1) is 0 Å². The second-order valence-corrected chi connectivity index (χ2v) is 4.99. The number of rotatable bonds is 2. The highest BCUT2D eigenvalue weighted by Crippen LogP contribution is 2.26. The molecule has 1 saturated heterocycles. The average molecular weight is 304 g/mol. The Hall–Kier alpha value is -1.83. The second kappa shape index (κ2) is 5.88. The lowest BCUT2D eigenvalue weighted by atomic mass is 10.1.